The topological polar surface area (TPSA) is 120 Å². The summed E-state index contributed by atoms with van der Waals surface area (Å²) >= 11 is 0. The van der Waals surface area contributed by atoms with Crippen molar-refractivity contribution in [1.29, 1.82) is 0 Å². The number of hydrogen-bond acceptors (Lipinski definition) is 7. The van der Waals surface area contributed by atoms with Crippen molar-refractivity contribution in [3.05, 3.63) is 60.7 Å². The van der Waals surface area contributed by atoms with Gasteiger partial charge in [0.2, 0.25) is 0 Å². The van der Waals surface area contributed by atoms with Gasteiger partial charge in [0.15, 0.2) is 5.82 Å². The summed E-state index contributed by atoms with van der Waals surface area (Å²) in [7, 11) is 0.119. The Hall–Kier alpha value is -3.45. The van der Waals surface area contributed by atoms with E-state index >= 15 is 0 Å². The highest BCUT2D eigenvalue weighted by Gasteiger charge is 2.22. The van der Waals surface area contributed by atoms with E-state index in [4.69, 9.17) is 0 Å². The normalized spacial score (nSPS) is 12.5. The molecule has 0 fully saturated rings. The third-order valence-electron chi connectivity index (χ3n) is 4.61. The SMILES string of the molecule is Cn1ncnc1-c1cnn(C(Cc2ccn(C(F)F)n2)c2ccc(B(O)O)cn2)c1. The molecule has 1 atom stereocenters. The summed E-state index contributed by atoms with van der Waals surface area (Å²) in [4.78, 5) is 8.51. The Morgan fingerprint density at radius 3 is 2.50 bits per heavy atom. The lowest BCUT2D eigenvalue weighted by Gasteiger charge is -2.16. The van der Waals surface area contributed by atoms with E-state index in [-0.39, 0.29) is 11.9 Å². The first-order chi connectivity index (χ1) is 14.4. The molecule has 0 aromatic carbocycles. The van der Waals surface area contributed by atoms with Gasteiger partial charge in [-0.2, -0.15) is 24.1 Å². The van der Waals surface area contributed by atoms with Crippen LogP contribution in [0.15, 0.2) is 49.3 Å². The Morgan fingerprint density at radius 1 is 1.07 bits per heavy atom. The molecule has 0 amide bonds. The molecule has 10 nitrogen and oxygen atoms in total. The zero-order chi connectivity index (χ0) is 21.3. The Balaban J connectivity index is 1.69. The van der Waals surface area contributed by atoms with Crippen LogP contribution in [0.3, 0.4) is 0 Å². The second kappa shape index (κ2) is 8.12. The van der Waals surface area contributed by atoms with Crippen molar-refractivity contribution in [2.24, 2.45) is 7.05 Å². The zero-order valence-electron chi connectivity index (χ0n) is 15.8. The Bertz CT molecular complexity index is 1120. The van der Waals surface area contributed by atoms with Crippen LogP contribution in [0.1, 0.15) is 24.0 Å². The fraction of sp³-hybridized carbons (Fsp3) is 0.235. The maximum absolute atomic E-state index is 12.9. The molecule has 1 unspecified atom stereocenters. The van der Waals surface area contributed by atoms with Gasteiger partial charge >= 0.3 is 13.7 Å². The molecular weight excluding hydrogens is 397 g/mol. The van der Waals surface area contributed by atoms with E-state index in [1.165, 1.54) is 30.9 Å². The number of aromatic nitrogens is 8. The van der Waals surface area contributed by atoms with E-state index in [2.05, 4.69) is 25.3 Å². The van der Waals surface area contributed by atoms with Crippen molar-refractivity contribution in [2.75, 3.05) is 0 Å². The quantitative estimate of drug-likeness (QED) is 0.414. The van der Waals surface area contributed by atoms with Gasteiger partial charge in [0.25, 0.3) is 0 Å². The zero-order valence-corrected chi connectivity index (χ0v) is 15.8. The van der Waals surface area contributed by atoms with Gasteiger partial charge in [-0.25, -0.2) is 14.3 Å². The average molecular weight is 414 g/mol. The summed E-state index contributed by atoms with van der Waals surface area (Å²) in [5.74, 6) is 0.619. The number of rotatable bonds is 7. The number of pyridine rings is 1. The Kier molecular flexibility index (Phi) is 5.38. The third-order valence-corrected chi connectivity index (χ3v) is 4.61. The van der Waals surface area contributed by atoms with Crippen molar-refractivity contribution in [3.8, 4) is 11.4 Å². The Labute approximate surface area is 169 Å². The first-order valence-corrected chi connectivity index (χ1v) is 8.95. The monoisotopic (exact) mass is 414 g/mol. The summed E-state index contributed by atoms with van der Waals surface area (Å²) in [5.41, 5.74) is 1.95. The maximum atomic E-state index is 12.9. The molecule has 4 heterocycles. The van der Waals surface area contributed by atoms with Crippen molar-refractivity contribution >= 4 is 12.6 Å². The van der Waals surface area contributed by atoms with Crippen LogP contribution >= 0.6 is 0 Å². The van der Waals surface area contributed by atoms with Crippen LogP contribution in [-0.2, 0) is 13.5 Å². The van der Waals surface area contributed by atoms with Gasteiger partial charge in [-0.15, -0.1) is 0 Å². The number of nitrogens with zero attached hydrogens (tertiary/aromatic N) is 8. The predicted molar refractivity (Wildman–Crippen MR) is 102 cm³/mol. The van der Waals surface area contributed by atoms with Gasteiger partial charge < -0.3 is 10.0 Å². The average Bonchev–Trinajstić information content (AvgIpc) is 3.46. The lowest BCUT2D eigenvalue weighted by molar-refractivity contribution is 0.0561. The highest BCUT2D eigenvalue weighted by molar-refractivity contribution is 6.58. The summed E-state index contributed by atoms with van der Waals surface area (Å²) in [6.07, 6.45) is 7.62. The van der Waals surface area contributed by atoms with E-state index < -0.39 is 19.7 Å². The van der Waals surface area contributed by atoms with Crippen LogP contribution in [0.25, 0.3) is 11.4 Å². The van der Waals surface area contributed by atoms with Crippen molar-refractivity contribution in [3.63, 3.8) is 0 Å². The molecule has 0 aliphatic rings. The maximum Gasteiger partial charge on any atom is 0.490 e. The molecule has 30 heavy (non-hydrogen) atoms. The van der Waals surface area contributed by atoms with Gasteiger partial charge in [-0.3, -0.25) is 9.67 Å². The molecule has 13 heteroatoms. The fourth-order valence-corrected chi connectivity index (χ4v) is 3.07. The van der Waals surface area contributed by atoms with Gasteiger partial charge in [-0.05, 0) is 12.1 Å². The van der Waals surface area contributed by atoms with E-state index in [0.717, 1.165) is 5.56 Å². The standard InChI is InChI=1S/C17H17BF2N8O2/c1-26-16(22-10-24-26)11-7-23-28(9-11)15(6-13-4-5-27(25-13)17(19)20)14-3-2-12(8-21-14)18(29)30/h2-5,7-10,15,17,29-30H,6H2,1H3. The highest BCUT2D eigenvalue weighted by atomic mass is 19.3. The molecule has 0 spiro atoms. The van der Waals surface area contributed by atoms with Crippen LogP contribution in [0, 0.1) is 0 Å². The first-order valence-electron chi connectivity index (χ1n) is 8.95. The third kappa shape index (κ3) is 3.97. The number of hydrogen-bond donors (Lipinski definition) is 2. The molecule has 4 aromatic heterocycles. The van der Waals surface area contributed by atoms with E-state index in [1.54, 1.807) is 34.9 Å². The lowest BCUT2D eigenvalue weighted by atomic mass is 9.81. The smallest absolute Gasteiger partial charge is 0.423 e. The first kappa shape index (κ1) is 19.9. The number of alkyl halides is 2. The van der Waals surface area contributed by atoms with E-state index in [1.807, 2.05) is 0 Å². The van der Waals surface area contributed by atoms with Crippen molar-refractivity contribution in [2.45, 2.75) is 19.0 Å². The van der Waals surface area contributed by atoms with Crippen LogP contribution in [0.4, 0.5) is 8.78 Å². The molecule has 0 saturated carbocycles. The van der Waals surface area contributed by atoms with Gasteiger partial charge in [0, 0.05) is 37.5 Å². The van der Waals surface area contributed by atoms with Gasteiger partial charge in [0.05, 0.1) is 29.2 Å². The minimum absolute atomic E-state index is 0.236. The molecule has 0 aliphatic carbocycles. The van der Waals surface area contributed by atoms with Crippen LogP contribution in [-0.4, -0.2) is 56.5 Å². The molecule has 0 radical (unpaired) electrons. The minimum atomic E-state index is -2.73. The summed E-state index contributed by atoms with van der Waals surface area (Å²) in [5, 5.41) is 30.9. The van der Waals surface area contributed by atoms with Crippen molar-refractivity contribution in [1.82, 2.24) is 39.3 Å². The molecular formula is C17H17BF2N8O2. The second-order valence-corrected chi connectivity index (χ2v) is 6.59. The highest BCUT2D eigenvalue weighted by Crippen LogP contribution is 2.24. The van der Waals surface area contributed by atoms with Gasteiger partial charge in [0.1, 0.15) is 6.33 Å². The predicted octanol–water partition coefficient (Wildman–Crippen LogP) is 0.177. The molecule has 2 N–H and O–H groups in total. The summed E-state index contributed by atoms with van der Waals surface area (Å²) < 4.78 is 29.6. The molecule has 0 bridgehead atoms. The molecule has 4 aromatic rings. The largest absolute Gasteiger partial charge is 0.490 e. The van der Waals surface area contributed by atoms with E-state index in [9.17, 15) is 18.8 Å². The lowest BCUT2D eigenvalue weighted by Crippen LogP contribution is -2.30. The molecule has 0 aliphatic heterocycles. The molecule has 4 rings (SSSR count). The molecule has 0 saturated heterocycles. The van der Waals surface area contributed by atoms with Crippen LogP contribution in [0.5, 0.6) is 0 Å². The van der Waals surface area contributed by atoms with Crippen molar-refractivity contribution < 1.29 is 18.8 Å². The number of halogens is 2. The van der Waals surface area contributed by atoms with E-state index in [0.29, 0.717) is 21.9 Å². The summed E-state index contributed by atoms with van der Waals surface area (Å²) in [6, 6.07) is 4.20. The molecule has 154 valence electrons. The minimum Gasteiger partial charge on any atom is -0.423 e. The fourth-order valence-electron chi connectivity index (χ4n) is 3.07. The second-order valence-electron chi connectivity index (χ2n) is 6.59. The van der Waals surface area contributed by atoms with Gasteiger partial charge in [-0.1, -0.05) is 6.07 Å². The number of aryl methyl sites for hydroxylation is 1. The summed E-state index contributed by atoms with van der Waals surface area (Å²) in [6.45, 7) is -2.73. The van der Waals surface area contributed by atoms with Crippen LogP contribution < -0.4 is 5.46 Å². The Morgan fingerprint density at radius 2 is 1.90 bits per heavy atom. The van der Waals surface area contributed by atoms with Crippen LogP contribution in [0.2, 0.25) is 0 Å².